The molecule has 2 N–H and O–H groups in total. The van der Waals surface area contributed by atoms with Crippen LogP contribution in [0.3, 0.4) is 0 Å². The van der Waals surface area contributed by atoms with Crippen LogP contribution in [0.15, 0.2) is 18.2 Å². The topological polar surface area (TPSA) is 66.9 Å². The third-order valence-electron chi connectivity index (χ3n) is 3.50. The number of fused-ring (bicyclic) bond motifs is 1. The Balaban J connectivity index is 1.67. The lowest BCUT2D eigenvalue weighted by molar-refractivity contribution is 0.102. The van der Waals surface area contributed by atoms with Crippen LogP contribution in [0.4, 0.5) is 10.8 Å². The summed E-state index contributed by atoms with van der Waals surface area (Å²) in [7, 11) is 0. The summed E-state index contributed by atoms with van der Waals surface area (Å²) in [5.74, 6) is -0.199. The second-order valence-electron chi connectivity index (χ2n) is 5.13. The summed E-state index contributed by atoms with van der Waals surface area (Å²) in [4.78, 5) is 12.2. The summed E-state index contributed by atoms with van der Waals surface area (Å²) in [6.45, 7) is 2.91. The summed E-state index contributed by atoms with van der Waals surface area (Å²) in [5.41, 5.74) is 3.57. The van der Waals surface area contributed by atoms with Crippen LogP contribution >= 0.6 is 11.3 Å². The third kappa shape index (κ3) is 3.21. The maximum absolute atomic E-state index is 12.2. The molecule has 5 nitrogen and oxygen atoms in total. The lowest BCUT2D eigenvalue weighted by Gasteiger charge is -2.05. The molecule has 1 heterocycles. The zero-order chi connectivity index (χ0) is 14.7. The van der Waals surface area contributed by atoms with Crippen molar-refractivity contribution < 1.29 is 4.79 Å². The van der Waals surface area contributed by atoms with Gasteiger partial charge < -0.3 is 10.6 Å². The highest BCUT2D eigenvalue weighted by Crippen LogP contribution is 2.25. The molecule has 0 spiro atoms. The van der Waals surface area contributed by atoms with Crippen molar-refractivity contribution in [2.24, 2.45) is 0 Å². The van der Waals surface area contributed by atoms with Gasteiger partial charge in [-0.05, 0) is 48.9 Å². The molecule has 1 aliphatic carbocycles. The summed E-state index contributed by atoms with van der Waals surface area (Å²) in [5, 5.41) is 15.0. The van der Waals surface area contributed by atoms with Crippen LogP contribution in [-0.2, 0) is 12.8 Å². The van der Waals surface area contributed by atoms with Gasteiger partial charge in [0, 0.05) is 12.2 Å². The normalized spacial score (nSPS) is 13.0. The van der Waals surface area contributed by atoms with Gasteiger partial charge in [0.15, 0.2) is 0 Å². The van der Waals surface area contributed by atoms with Gasteiger partial charge in [-0.3, -0.25) is 4.79 Å². The van der Waals surface area contributed by atoms with E-state index in [0.29, 0.717) is 10.1 Å². The molecule has 0 bridgehead atoms. The highest BCUT2D eigenvalue weighted by Gasteiger charge is 2.15. The predicted molar refractivity (Wildman–Crippen MR) is 85.1 cm³/mol. The lowest BCUT2D eigenvalue weighted by Crippen LogP contribution is -2.11. The number of hydrogen-bond donors (Lipinski definition) is 2. The van der Waals surface area contributed by atoms with Crippen molar-refractivity contribution in [1.82, 2.24) is 10.2 Å². The Kier molecular flexibility index (Phi) is 4.15. The first-order valence-corrected chi connectivity index (χ1v) is 8.08. The molecule has 0 radical (unpaired) electrons. The molecule has 0 atom stereocenters. The highest BCUT2D eigenvalue weighted by atomic mass is 32.1. The van der Waals surface area contributed by atoms with Gasteiger partial charge in [0.2, 0.25) is 10.1 Å². The fraction of sp³-hybridized carbons (Fsp3) is 0.400. The number of carbonyl (C=O) groups excluding carboxylic acids is 1. The van der Waals surface area contributed by atoms with Crippen molar-refractivity contribution in [1.29, 1.82) is 0 Å². The average molecular weight is 302 g/mol. The molecule has 0 aliphatic heterocycles. The van der Waals surface area contributed by atoms with Crippen LogP contribution < -0.4 is 10.6 Å². The minimum Gasteiger partial charge on any atom is -0.360 e. The van der Waals surface area contributed by atoms with Gasteiger partial charge in [-0.25, -0.2) is 0 Å². The number of hydrogen-bond acceptors (Lipinski definition) is 5. The molecular formula is C15H18N4OS. The largest absolute Gasteiger partial charge is 0.360 e. The van der Waals surface area contributed by atoms with E-state index in [9.17, 15) is 4.79 Å². The van der Waals surface area contributed by atoms with Gasteiger partial charge in [0.1, 0.15) is 0 Å². The molecule has 0 fully saturated rings. The van der Waals surface area contributed by atoms with E-state index < -0.39 is 0 Å². The van der Waals surface area contributed by atoms with E-state index in [1.165, 1.54) is 28.9 Å². The molecule has 0 unspecified atom stereocenters. The fourth-order valence-electron chi connectivity index (χ4n) is 2.45. The molecule has 1 amide bonds. The minimum atomic E-state index is -0.199. The van der Waals surface area contributed by atoms with Crippen molar-refractivity contribution in [2.75, 3.05) is 17.2 Å². The van der Waals surface area contributed by atoms with E-state index >= 15 is 0 Å². The Labute approximate surface area is 127 Å². The summed E-state index contributed by atoms with van der Waals surface area (Å²) in [6.07, 6.45) is 4.46. The van der Waals surface area contributed by atoms with Gasteiger partial charge in [-0.2, -0.15) is 0 Å². The third-order valence-corrected chi connectivity index (χ3v) is 4.38. The first kappa shape index (κ1) is 14.0. The van der Waals surface area contributed by atoms with Gasteiger partial charge in [0.25, 0.3) is 5.91 Å². The SMILES string of the molecule is CCCNc1nnc(C(=O)Nc2ccc3c(c2)CCC3)s1. The number of nitrogens with one attached hydrogen (secondary N) is 2. The quantitative estimate of drug-likeness (QED) is 0.890. The number of aryl methyl sites for hydroxylation is 2. The first-order chi connectivity index (χ1) is 10.3. The summed E-state index contributed by atoms with van der Waals surface area (Å²) in [6, 6.07) is 6.13. The van der Waals surface area contributed by atoms with E-state index in [2.05, 4.69) is 39.9 Å². The standard InChI is InChI=1S/C15H18N4OS/c1-2-8-16-15-19-18-14(21-15)13(20)17-12-7-6-10-4-3-5-11(10)9-12/h6-7,9H,2-5,8H2,1H3,(H,16,19)(H,17,20). The van der Waals surface area contributed by atoms with Crippen molar-refractivity contribution in [3.63, 3.8) is 0 Å². The average Bonchev–Trinajstić information content (AvgIpc) is 3.13. The lowest BCUT2D eigenvalue weighted by atomic mass is 10.1. The molecule has 3 rings (SSSR count). The molecule has 2 aromatic rings. The number of carbonyl (C=O) groups is 1. The Hall–Kier alpha value is -1.95. The molecule has 1 aromatic heterocycles. The fourth-order valence-corrected chi connectivity index (χ4v) is 3.12. The Morgan fingerprint density at radius 3 is 3.00 bits per heavy atom. The molecular weight excluding hydrogens is 284 g/mol. The van der Waals surface area contributed by atoms with Crippen molar-refractivity contribution >= 4 is 28.1 Å². The second-order valence-corrected chi connectivity index (χ2v) is 6.11. The second kappa shape index (κ2) is 6.22. The van der Waals surface area contributed by atoms with Gasteiger partial charge in [-0.15, -0.1) is 10.2 Å². The number of benzene rings is 1. The number of anilines is 2. The maximum atomic E-state index is 12.2. The molecule has 1 aliphatic rings. The molecule has 1 aromatic carbocycles. The predicted octanol–water partition coefficient (Wildman–Crippen LogP) is 3.10. The van der Waals surface area contributed by atoms with Crippen LogP contribution in [-0.4, -0.2) is 22.6 Å². The van der Waals surface area contributed by atoms with E-state index in [-0.39, 0.29) is 5.91 Å². The van der Waals surface area contributed by atoms with Crippen molar-refractivity contribution in [3.8, 4) is 0 Å². The van der Waals surface area contributed by atoms with E-state index in [1.807, 2.05) is 6.07 Å². The van der Waals surface area contributed by atoms with Crippen molar-refractivity contribution in [2.45, 2.75) is 32.6 Å². The molecule has 0 saturated carbocycles. The Morgan fingerprint density at radius 2 is 2.14 bits per heavy atom. The van der Waals surface area contributed by atoms with E-state index in [0.717, 1.165) is 31.5 Å². The minimum absolute atomic E-state index is 0.199. The van der Waals surface area contributed by atoms with E-state index in [1.54, 1.807) is 0 Å². The highest BCUT2D eigenvalue weighted by molar-refractivity contribution is 7.17. The molecule has 0 saturated heterocycles. The number of amides is 1. The van der Waals surface area contributed by atoms with Crippen LogP contribution in [0, 0.1) is 0 Å². The monoisotopic (exact) mass is 302 g/mol. The Bertz CT molecular complexity index is 653. The summed E-state index contributed by atoms with van der Waals surface area (Å²) < 4.78 is 0. The van der Waals surface area contributed by atoms with Crippen LogP contribution in [0.1, 0.15) is 40.7 Å². The van der Waals surface area contributed by atoms with E-state index in [4.69, 9.17) is 0 Å². The van der Waals surface area contributed by atoms with Crippen LogP contribution in [0.2, 0.25) is 0 Å². The maximum Gasteiger partial charge on any atom is 0.286 e. The smallest absolute Gasteiger partial charge is 0.286 e. The number of aromatic nitrogens is 2. The number of rotatable bonds is 5. The molecule has 21 heavy (non-hydrogen) atoms. The van der Waals surface area contributed by atoms with Crippen LogP contribution in [0.5, 0.6) is 0 Å². The summed E-state index contributed by atoms with van der Waals surface area (Å²) >= 11 is 1.28. The molecule has 6 heteroatoms. The van der Waals surface area contributed by atoms with Gasteiger partial charge in [-0.1, -0.05) is 24.3 Å². The molecule has 110 valence electrons. The van der Waals surface area contributed by atoms with Crippen LogP contribution in [0.25, 0.3) is 0 Å². The van der Waals surface area contributed by atoms with Gasteiger partial charge in [0.05, 0.1) is 0 Å². The Morgan fingerprint density at radius 1 is 1.29 bits per heavy atom. The van der Waals surface area contributed by atoms with Gasteiger partial charge >= 0.3 is 0 Å². The number of nitrogens with zero attached hydrogens (tertiary/aromatic N) is 2. The van der Waals surface area contributed by atoms with Crippen molar-refractivity contribution in [3.05, 3.63) is 34.3 Å². The zero-order valence-corrected chi connectivity index (χ0v) is 12.8. The zero-order valence-electron chi connectivity index (χ0n) is 12.0. The first-order valence-electron chi connectivity index (χ1n) is 7.27.